The van der Waals surface area contributed by atoms with E-state index in [0.717, 1.165) is 5.69 Å². The van der Waals surface area contributed by atoms with Gasteiger partial charge in [0, 0.05) is 12.2 Å². The summed E-state index contributed by atoms with van der Waals surface area (Å²) in [6.07, 6.45) is 0. The molecule has 0 aromatic carbocycles. The summed E-state index contributed by atoms with van der Waals surface area (Å²) in [7, 11) is 1.82. The van der Waals surface area contributed by atoms with Crippen LogP contribution in [-0.2, 0) is 11.3 Å². The molecule has 0 amide bonds. The van der Waals surface area contributed by atoms with E-state index in [4.69, 9.17) is 4.74 Å². The maximum Gasteiger partial charge on any atom is 0.358 e. The molecule has 0 bridgehead atoms. The van der Waals surface area contributed by atoms with Crippen LogP contribution in [0.3, 0.4) is 0 Å². The lowest BCUT2D eigenvalue weighted by molar-refractivity contribution is 0.0519. The van der Waals surface area contributed by atoms with Crippen LogP contribution in [0, 0.1) is 0 Å². The summed E-state index contributed by atoms with van der Waals surface area (Å²) in [4.78, 5) is 11.1. The molecule has 0 fully saturated rings. The molecule has 72 valence electrons. The number of ether oxygens (including phenoxy) is 1. The van der Waals surface area contributed by atoms with Gasteiger partial charge in [0.15, 0.2) is 5.69 Å². The average molecular weight is 183 g/mol. The molecule has 0 saturated carbocycles. The molecule has 0 aliphatic carbocycles. The maximum absolute atomic E-state index is 11.1. The van der Waals surface area contributed by atoms with E-state index < -0.39 is 0 Å². The number of hydrogen-bond donors (Lipinski definition) is 2. The number of esters is 1. The number of aromatic amines is 1. The second-order valence-electron chi connectivity index (χ2n) is 2.53. The first-order chi connectivity index (χ1) is 6.27. The lowest BCUT2D eigenvalue weighted by Crippen LogP contribution is -2.05. The molecule has 0 atom stereocenters. The van der Waals surface area contributed by atoms with Crippen LogP contribution in [0.15, 0.2) is 6.07 Å². The first-order valence-electron chi connectivity index (χ1n) is 4.14. The fraction of sp³-hybridized carbons (Fsp3) is 0.500. The Balaban J connectivity index is 2.62. The molecule has 13 heavy (non-hydrogen) atoms. The minimum absolute atomic E-state index is 0.326. The van der Waals surface area contributed by atoms with Crippen LogP contribution in [0.4, 0.5) is 0 Å². The summed E-state index contributed by atoms with van der Waals surface area (Å²) < 4.78 is 4.78. The van der Waals surface area contributed by atoms with Gasteiger partial charge in [0.25, 0.3) is 0 Å². The van der Waals surface area contributed by atoms with Crippen molar-refractivity contribution in [2.75, 3.05) is 13.7 Å². The third kappa shape index (κ3) is 2.55. The number of carbonyl (C=O) groups excluding carboxylic acids is 1. The van der Waals surface area contributed by atoms with Crippen LogP contribution < -0.4 is 5.32 Å². The van der Waals surface area contributed by atoms with Crippen LogP contribution in [0.25, 0.3) is 0 Å². The lowest BCUT2D eigenvalue weighted by Gasteiger charge is -1.95. The van der Waals surface area contributed by atoms with E-state index in [2.05, 4.69) is 15.5 Å². The molecule has 1 rings (SSSR count). The van der Waals surface area contributed by atoms with Crippen LogP contribution in [0.1, 0.15) is 23.1 Å². The Morgan fingerprint density at radius 3 is 3.15 bits per heavy atom. The summed E-state index contributed by atoms with van der Waals surface area (Å²) in [5.41, 5.74) is 1.19. The van der Waals surface area contributed by atoms with Gasteiger partial charge in [-0.1, -0.05) is 0 Å². The average Bonchev–Trinajstić information content (AvgIpc) is 2.54. The Bertz CT molecular complexity index is 283. The van der Waals surface area contributed by atoms with E-state index in [9.17, 15) is 4.79 Å². The number of aromatic nitrogens is 2. The zero-order valence-electron chi connectivity index (χ0n) is 7.76. The molecule has 0 saturated heterocycles. The fourth-order valence-electron chi connectivity index (χ4n) is 0.952. The van der Waals surface area contributed by atoms with Crippen molar-refractivity contribution in [3.63, 3.8) is 0 Å². The topological polar surface area (TPSA) is 67.0 Å². The summed E-state index contributed by atoms with van der Waals surface area (Å²) >= 11 is 0. The van der Waals surface area contributed by atoms with Gasteiger partial charge in [0.05, 0.1) is 6.61 Å². The molecule has 1 heterocycles. The van der Waals surface area contributed by atoms with Crippen molar-refractivity contribution in [1.82, 2.24) is 15.5 Å². The molecule has 2 N–H and O–H groups in total. The van der Waals surface area contributed by atoms with Gasteiger partial charge in [0.1, 0.15) is 0 Å². The van der Waals surface area contributed by atoms with Crippen molar-refractivity contribution in [2.24, 2.45) is 0 Å². The van der Waals surface area contributed by atoms with Crippen molar-refractivity contribution in [2.45, 2.75) is 13.5 Å². The Morgan fingerprint density at radius 2 is 2.54 bits per heavy atom. The molecule has 0 aliphatic heterocycles. The highest BCUT2D eigenvalue weighted by Gasteiger charge is 2.10. The SMILES string of the molecule is CCOC(=O)c1cc(CNC)[nH]n1. The molecule has 1 aromatic rings. The predicted octanol–water partition coefficient (Wildman–Crippen LogP) is 0.306. The number of hydrogen-bond acceptors (Lipinski definition) is 4. The quantitative estimate of drug-likeness (QED) is 0.659. The van der Waals surface area contributed by atoms with Crippen LogP contribution >= 0.6 is 0 Å². The van der Waals surface area contributed by atoms with Crippen molar-refractivity contribution < 1.29 is 9.53 Å². The van der Waals surface area contributed by atoms with Gasteiger partial charge >= 0.3 is 5.97 Å². The van der Waals surface area contributed by atoms with Crippen LogP contribution in [0.5, 0.6) is 0 Å². The maximum atomic E-state index is 11.1. The monoisotopic (exact) mass is 183 g/mol. The Hall–Kier alpha value is -1.36. The molecule has 1 aromatic heterocycles. The van der Waals surface area contributed by atoms with Gasteiger partial charge in [0.2, 0.25) is 0 Å². The van der Waals surface area contributed by atoms with Gasteiger partial charge in [-0.15, -0.1) is 0 Å². The number of H-pyrrole nitrogens is 1. The highest BCUT2D eigenvalue weighted by Crippen LogP contribution is 2.00. The van der Waals surface area contributed by atoms with Crippen molar-refractivity contribution in [3.05, 3.63) is 17.5 Å². The molecule has 5 heteroatoms. The molecule has 0 unspecified atom stereocenters. The number of nitrogens with zero attached hydrogens (tertiary/aromatic N) is 1. The Kier molecular flexibility index (Phi) is 3.45. The molecule has 0 radical (unpaired) electrons. The second-order valence-corrected chi connectivity index (χ2v) is 2.53. The molecular weight excluding hydrogens is 170 g/mol. The van der Waals surface area contributed by atoms with E-state index in [-0.39, 0.29) is 5.97 Å². The van der Waals surface area contributed by atoms with Gasteiger partial charge in [-0.2, -0.15) is 5.10 Å². The minimum atomic E-state index is -0.388. The summed E-state index contributed by atoms with van der Waals surface area (Å²) in [5, 5.41) is 9.49. The van der Waals surface area contributed by atoms with Crippen LogP contribution in [0.2, 0.25) is 0 Å². The van der Waals surface area contributed by atoms with E-state index in [0.29, 0.717) is 18.8 Å². The first-order valence-corrected chi connectivity index (χ1v) is 4.14. The van der Waals surface area contributed by atoms with Gasteiger partial charge in [-0.25, -0.2) is 4.79 Å². The lowest BCUT2D eigenvalue weighted by atomic mass is 10.3. The highest BCUT2D eigenvalue weighted by atomic mass is 16.5. The van der Waals surface area contributed by atoms with E-state index in [1.807, 2.05) is 7.05 Å². The zero-order chi connectivity index (χ0) is 9.68. The smallest absolute Gasteiger partial charge is 0.358 e. The molecule has 0 aliphatic rings. The third-order valence-electron chi connectivity index (χ3n) is 1.48. The van der Waals surface area contributed by atoms with Gasteiger partial charge in [-0.05, 0) is 20.0 Å². The molecule has 5 nitrogen and oxygen atoms in total. The predicted molar refractivity (Wildman–Crippen MR) is 47.3 cm³/mol. The van der Waals surface area contributed by atoms with E-state index in [1.54, 1.807) is 13.0 Å². The molecular formula is C8H13N3O2. The largest absolute Gasteiger partial charge is 0.461 e. The fourth-order valence-corrected chi connectivity index (χ4v) is 0.952. The Labute approximate surface area is 76.5 Å². The van der Waals surface area contributed by atoms with Gasteiger partial charge in [-0.3, -0.25) is 5.10 Å². The molecule has 0 spiro atoms. The van der Waals surface area contributed by atoms with Gasteiger partial charge < -0.3 is 10.1 Å². The second kappa shape index (κ2) is 4.61. The summed E-state index contributed by atoms with van der Waals surface area (Å²) in [6, 6.07) is 1.68. The van der Waals surface area contributed by atoms with Crippen LogP contribution in [-0.4, -0.2) is 29.8 Å². The normalized spacial score (nSPS) is 10.0. The highest BCUT2D eigenvalue weighted by molar-refractivity contribution is 5.87. The van der Waals surface area contributed by atoms with Crippen molar-refractivity contribution in [3.8, 4) is 0 Å². The standard InChI is InChI=1S/C8H13N3O2/c1-3-13-8(12)7-4-6(5-9-2)10-11-7/h4,9H,3,5H2,1-2H3,(H,10,11). The Morgan fingerprint density at radius 1 is 1.77 bits per heavy atom. The summed E-state index contributed by atoms with van der Waals surface area (Å²) in [6.45, 7) is 2.79. The third-order valence-corrected chi connectivity index (χ3v) is 1.48. The summed E-state index contributed by atoms with van der Waals surface area (Å²) in [5.74, 6) is -0.388. The number of rotatable bonds is 4. The zero-order valence-corrected chi connectivity index (χ0v) is 7.76. The number of carbonyl (C=O) groups is 1. The van der Waals surface area contributed by atoms with E-state index in [1.165, 1.54) is 0 Å². The number of nitrogens with one attached hydrogen (secondary N) is 2. The minimum Gasteiger partial charge on any atom is -0.461 e. The van der Waals surface area contributed by atoms with Crippen molar-refractivity contribution in [1.29, 1.82) is 0 Å². The first kappa shape index (κ1) is 9.73. The van der Waals surface area contributed by atoms with Crippen molar-refractivity contribution >= 4 is 5.97 Å². The van der Waals surface area contributed by atoms with E-state index >= 15 is 0 Å².